The molecule has 76 valence electrons. The van der Waals surface area contributed by atoms with Crippen molar-refractivity contribution >= 4 is 10.9 Å². The molecule has 0 amide bonds. The van der Waals surface area contributed by atoms with E-state index in [9.17, 15) is 0 Å². The third kappa shape index (κ3) is 1.42. The fourth-order valence-corrected chi connectivity index (χ4v) is 1.73. The van der Waals surface area contributed by atoms with Gasteiger partial charge in [-0.3, -0.25) is 4.98 Å². The normalized spacial score (nSPS) is 10.5. The van der Waals surface area contributed by atoms with E-state index in [-0.39, 0.29) is 0 Å². The Balaban J connectivity index is 2.32. The van der Waals surface area contributed by atoms with E-state index >= 15 is 0 Å². The van der Waals surface area contributed by atoms with Crippen molar-refractivity contribution in [3.63, 3.8) is 0 Å². The van der Waals surface area contributed by atoms with E-state index in [0.717, 1.165) is 22.3 Å². The fourth-order valence-electron chi connectivity index (χ4n) is 1.73. The molecule has 3 rings (SSSR count). The monoisotopic (exact) mass is 207 g/mol. The molecule has 0 saturated heterocycles. The lowest BCUT2D eigenvalue weighted by molar-refractivity contribution is 1.18. The molecule has 1 aromatic carbocycles. The number of hydrogen-bond donors (Lipinski definition) is 0. The third-order valence-electron chi connectivity index (χ3n) is 2.46. The molecular formula is C13H9N3. The summed E-state index contributed by atoms with van der Waals surface area (Å²) in [7, 11) is 0. The van der Waals surface area contributed by atoms with Gasteiger partial charge in [0, 0.05) is 29.5 Å². The lowest BCUT2D eigenvalue weighted by atomic mass is 10.1. The van der Waals surface area contributed by atoms with Crippen LogP contribution in [0.5, 0.6) is 0 Å². The topological polar surface area (TPSA) is 38.7 Å². The van der Waals surface area contributed by atoms with E-state index in [4.69, 9.17) is 0 Å². The van der Waals surface area contributed by atoms with E-state index in [0.29, 0.717) is 0 Å². The van der Waals surface area contributed by atoms with Gasteiger partial charge in [0.15, 0.2) is 5.82 Å². The van der Waals surface area contributed by atoms with Crippen LogP contribution in [-0.4, -0.2) is 15.0 Å². The van der Waals surface area contributed by atoms with Gasteiger partial charge in [0.25, 0.3) is 0 Å². The number of aromatic nitrogens is 3. The maximum absolute atomic E-state index is 4.31. The maximum Gasteiger partial charge on any atom is 0.159 e. The van der Waals surface area contributed by atoms with Crippen LogP contribution in [0.1, 0.15) is 0 Å². The quantitative estimate of drug-likeness (QED) is 0.615. The summed E-state index contributed by atoms with van der Waals surface area (Å²) in [6, 6.07) is 11.8. The SMILES string of the molecule is c1cnc(-c2ccnc3ccccc23)nc1. The Morgan fingerprint density at radius 2 is 1.50 bits per heavy atom. The molecule has 0 radical (unpaired) electrons. The van der Waals surface area contributed by atoms with Gasteiger partial charge in [-0.1, -0.05) is 18.2 Å². The molecule has 0 fully saturated rings. The molecule has 3 nitrogen and oxygen atoms in total. The van der Waals surface area contributed by atoms with E-state index in [1.807, 2.05) is 36.4 Å². The summed E-state index contributed by atoms with van der Waals surface area (Å²) in [5.41, 5.74) is 1.98. The molecule has 3 heteroatoms. The van der Waals surface area contributed by atoms with Gasteiger partial charge in [-0.15, -0.1) is 0 Å². The zero-order chi connectivity index (χ0) is 10.8. The number of nitrogens with zero attached hydrogens (tertiary/aromatic N) is 3. The molecule has 0 spiro atoms. The van der Waals surface area contributed by atoms with E-state index in [2.05, 4.69) is 15.0 Å². The van der Waals surface area contributed by atoms with Crippen LogP contribution in [0.25, 0.3) is 22.3 Å². The second-order valence-corrected chi connectivity index (χ2v) is 3.45. The summed E-state index contributed by atoms with van der Waals surface area (Å²) in [6.45, 7) is 0. The molecule has 2 heterocycles. The number of benzene rings is 1. The molecule has 0 saturated carbocycles. The van der Waals surface area contributed by atoms with E-state index in [1.54, 1.807) is 18.6 Å². The van der Waals surface area contributed by atoms with Crippen molar-refractivity contribution in [2.24, 2.45) is 0 Å². The van der Waals surface area contributed by atoms with Crippen LogP contribution in [0.4, 0.5) is 0 Å². The molecular weight excluding hydrogens is 198 g/mol. The van der Waals surface area contributed by atoms with Gasteiger partial charge in [-0.05, 0) is 18.2 Å². The van der Waals surface area contributed by atoms with Crippen molar-refractivity contribution in [3.8, 4) is 11.4 Å². The van der Waals surface area contributed by atoms with Gasteiger partial charge in [-0.2, -0.15) is 0 Å². The summed E-state index contributed by atoms with van der Waals surface area (Å²) >= 11 is 0. The standard InChI is InChI=1S/C13H9N3/c1-2-5-12-10(4-1)11(6-9-14-12)13-15-7-3-8-16-13/h1-9H. The molecule has 2 aromatic heterocycles. The van der Waals surface area contributed by atoms with Crippen LogP contribution >= 0.6 is 0 Å². The van der Waals surface area contributed by atoms with Crippen molar-refractivity contribution in [2.75, 3.05) is 0 Å². The highest BCUT2D eigenvalue weighted by molar-refractivity contribution is 5.92. The highest BCUT2D eigenvalue weighted by Crippen LogP contribution is 2.23. The first-order valence-corrected chi connectivity index (χ1v) is 5.06. The number of para-hydroxylation sites is 1. The van der Waals surface area contributed by atoms with Crippen molar-refractivity contribution in [2.45, 2.75) is 0 Å². The predicted molar refractivity (Wildman–Crippen MR) is 62.8 cm³/mol. The van der Waals surface area contributed by atoms with E-state index in [1.165, 1.54) is 0 Å². The molecule has 0 aliphatic rings. The molecule has 0 aliphatic heterocycles. The number of rotatable bonds is 1. The molecule has 0 atom stereocenters. The molecule has 0 N–H and O–H groups in total. The minimum absolute atomic E-state index is 0.737. The average Bonchev–Trinajstić information content (AvgIpc) is 2.39. The van der Waals surface area contributed by atoms with Crippen LogP contribution in [-0.2, 0) is 0 Å². The Bertz CT molecular complexity index is 615. The van der Waals surface area contributed by atoms with Gasteiger partial charge in [-0.25, -0.2) is 9.97 Å². The smallest absolute Gasteiger partial charge is 0.159 e. The van der Waals surface area contributed by atoms with Crippen LogP contribution in [0, 0.1) is 0 Å². The average molecular weight is 207 g/mol. The predicted octanol–water partition coefficient (Wildman–Crippen LogP) is 2.69. The number of pyridine rings is 1. The number of fused-ring (bicyclic) bond motifs is 1. The fraction of sp³-hybridized carbons (Fsp3) is 0. The maximum atomic E-state index is 4.31. The molecule has 3 aromatic rings. The second kappa shape index (κ2) is 3.70. The van der Waals surface area contributed by atoms with E-state index < -0.39 is 0 Å². The van der Waals surface area contributed by atoms with Gasteiger partial charge in [0.05, 0.1) is 5.52 Å². The van der Waals surface area contributed by atoms with Crippen molar-refractivity contribution in [3.05, 3.63) is 55.0 Å². The Hall–Kier alpha value is -2.29. The third-order valence-corrected chi connectivity index (χ3v) is 2.46. The van der Waals surface area contributed by atoms with Crippen LogP contribution in [0.3, 0.4) is 0 Å². The zero-order valence-corrected chi connectivity index (χ0v) is 8.54. The Morgan fingerprint density at radius 1 is 0.688 bits per heavy atom. The summed E-state index contributed by atoms with van der Waals surface area (Å²) in [5, 5.41) is 1.08. The summed E-state index contributed by atoms with van der Waals surface area (Å²) in [5.74, 6) is 0.737. The van der Waals surface area contributed by atoms with Gasteiger partial charge >= 0.3 is 0 Å². The first-order chi connectivity index (χ1) is 7.95. The molecule has 0 unspecified atom stereocenters. The van der Waals surface area contributed by atoms with Crippen LogP contribution in [0.15, 0.2) is 55.0 Å². The lowest BCUT2D eigenvalue weighted by Gasteiger charge is -2.03. The first-order valence-electron chi connectivity index (χ1n) is 5.06. The Morgan fingerprint density at radius 3 is 2.38 bits per heavy atom. The number of hydrogen-bond acceptors (Lipinski definition) is 3. The highest BCUT2D eigenvalue weighted by atomic mass is 14.9. The first kappa shape index (κ1) is 8.97. The highest BCUT2D eigenvalue weighted by Gasteiger charge is 2.04. The minimum Gasteiger partial charge on any atom is -0.256 e. The summed E-state index contributed by atoms with van der Waals surface area (Å²) in [6.07, 6.45) is 5.28. The van der Waals surface area contributed by atoms with Crippen molar-refractivity contribution in [1.29, 1.82) is 0 Å². The van der Waals surface area contributed by atoms with Crippen LogP contribution in [0.2, 0.25) is 0 Å². The lowest BCUT2D eigenvalue weighted by Crippen LogP contribution is -1.89. The van der Waals surface area contributed by atoms with Crippen molar-refractivity contribution < 1.29 is 0 Å². The summed E-state index contributed by atoms with van der Waals surface area (Å²) in [4.78, 5) is 12.8. The Kier molecular flexibility index (Phi) is 2.07. The second-order valence-electron chi connectivity index (χ2n) is 3.45. The van der Waals surface area contributed by atoms with Crippen LogP contribution < -0.4 is 0 Å². The molecule has 0 aliphatic carbocycles. The zero-order valence-electron chi connectivity index (χ0n) is 8.54. The largest absolute Gasteiger partial charge is 0.256 e. The summed E-state index contributed by atoms with van der Waals surface area (Å²) < 4.78 is 0. The molecule has 0 bridgehead atoms. The molecule has 16 heavy (non-hydrogen) atoms. The Labute approximate surface area is 92.8 Å². The van der Waals surface area contributed by atoms with Gasteiger partial charge < -0.3 is 0 Å². The minimum atomic E-state index is 0.737. The van der Waals surface area contributed by atoms with Gasteiger partial charge in [0.2, 0.25) is 0 Å². The van der Waals surface area contributed by atoms with Gasteiger partial charge in [0.1, 0.15) is 0 Å². The van der Waals surface area contributed by atoms with Crippen molar-refractivity contribution in [1.82, 2.24) is 15.0 Å².